The molecule has 0 aliphatic rings. The van der Waals surface area contributed by atoms with Crippen molar-refractivity contribution >= 4 is 27.7 Å². The second-order valence-electron chi connectivity index (χ2n) is 3.85. The molecule has 1 heterocycles. The van der Waals surface area contributed by atoms with Crippen LogP contribution in [0.1, 0.15) is 23.7 Å². The number of methoxy groups -OCH3 is 1. The van der Waals surface area contributed by atoms with E-state index in [1.165, 1.54) is 0 Å². The van der Waals surface area contributed by atoms with Gasteiger partial charge in [0.25, 0.3) is 5.91 Å². The minimum absolute atomic E-state index is 0.0158. The summed E-state index contributed by atoms with van der Waals surface area (Å²) in [7, 11) is 1.63. The van der Waals surface area contributed by atoms with E-state index in [9.17, 15) is 4.79 Å². The third-order valence-electron chi connectivity index (χ3n) is 2.37. The number of nitrogen functional groups attached to an aromatic ring is 1. The number of rotatable bonds is 6. The van der Waals surface area contributed by atoms with Crippen LogP contribution in [0.2, 0.25) is 0 Å². The van der Waals surface area contributed by atoms with E-state index < -0.39 is 0 Å². The van der Waals surface area contributed by atoms with E-state index in [1.807, 2.05) is 6.92 Å². The zero-order chi connectivity index (χ0) is 13.5. The van der Waals surface area contributed by atoms with E-state index in [0.29, 0.717) is 18.0 Å². The Labute approximate surface area is 114 Å². The van der Waals surface area contributed by atoms with Gasteiger partial charge in [-0.25, -0.2) is 10.8 Å². The monoisotopic (exact) mass is 316 g/mol. The molecule has 7 heteroatoms. The number of hydrogen-bond acceptors (Lipinski definition) is 5. The fraction of sp³-hybridized carbons (Fsp3) is 0.455. The lowest BCUT2D eigenvalue weighted by molar-refractivity contribution is 0.0930. The molecule has 100 valence electrons. The number of nitrogens with one attached hydrogen (secondary N) is 2. The van der Waals surface area contributed by atoms with Crippen LogP contribution < -0.4 is 16.6 Å². The number of nitrogens with two attached hydrogens (primary N) is 1. The summed E-state index contributed by atoms with van der Waals surface area (Å²) in [4.78, 5) is 16.1. The number of halogens is 1. The zero-order valence-corrected chi connectivity index (χ0v) is 12.0. The van der Waals surface area contributed by atoms with Gasteiger partial charge in [0.1, 0.15) is 0 Å². The molecule has 1 atom stereocenters. The first-order valence-electron chi connectivity index (χ1n) is 5.50. The van der Waals surface area contributed by atoms with Gasteiger partial charge >= 0.3 is 0 Å². The van der Waals surface area contributed by atoms with E-state index >= 15 is 0 Å². The molecule has 6 nitrogen and oxygen atoms in total. The van der Waals surface area contributed by atoms with Gasteiger partial charge in [0.15, 0.2) is 5.82 Å². The van der Waals surface area contributed by atoms with Crippen molar-refractivity contribution in [2.24, 2.45) is 5.84 Å². The van der Waals surface area contributed by atoms with Crippen LogP contribution in [-0.4, -0.2) is 30.6 Å². The summed E-state index contributed by atoms with van der Waals surface area (Å²) >= 11 is 3.27. The lowest BCUT2D eigenvalue weighted by atomic mass is 10.2. The standard InChI is InChI=1S/C11H17BrN4O2/c1-7(3-4-18-2)15-11(17)9-5-8(12)6-14-10(9)16-13/h5-7H,3-4,13H2,1-2H3,(H,14,16)(H,15,17). The molecule has 0 bridgehead atoms. The Morgan fingerprint density at radius 3 is 3.00 bits per heavy atom. The third-order valence-corrected chi connectivity index (χ3v) is 2.80. The van der Waals surface area contributed by atoms with Crippen molar-refractivity contribution in [3.05, 3.63) is 22.3 Å². The first kappa shape index (κ1) is 14.9. The molecule has 0 saturated heterocycles. The quantitative estimate of drug-likeness (QED) is 0.543. The summed E-state index contributed by atoms with van der Waals surface area (Å²) in [5.41, 5.74) is 2.80. The molecule has 0 spiro atoms. The molecular weight excluding hydrogens is 300 g/mol. The van der Waals surface area contributed by atoms with Gasteiger partial charge in [0.2, 0.25) is 0 Å². The van der Waals surface area contributed by atoms with Crippen LogP contribution in [0.4, 0.5) is 5.82 Å². The van der Waals surface area contributed by atoms with Crippen LogP contribution in [0, 0.1) is 0 Å². The first-order chi connectivity index (χ1) is 8.58. The molecule has 1 unspecified atom stereocenters. The van der Waals surface area contributed by atoms with Crippen molar-refractivity contribution in [3.63, 3.8) is 0 Å². The summed E-state index contributed by atoms with van der Waals surface area (Å²) in [6.45, 7) is 2.51. The van der Waals surface area contributed by atoms with Crippen LogP contribution in [0.5, 0.6) is 0 Å². The number of anilines is 1. The lowest BCUT2D eigenvalue weighted by Gasteiger charge is -2.14. The second-order valence-corrected chi connectivity index (χ2v) is 4.77. The van der Waals surface area contributed by atoms with Crippen molar-refractivity contribution in [1.29, 1.82) is 0 Å². The number of ether oxygens (including phenoxy) is 1. The van der Waals surface area contributed by atoms with Gasteiger partial charge in [-0.05, 0) is 35.3 Å². The van der Waals surface area contributed by atoms with E-state index in [1.54, 1.807) is 19.4 Å². The van der Waals surface area contributed by atoms with Crippen LogP contribution in [0.3, 0.4) is 0 Å². The largest absolute Gasteiger partial charge is 0.385 e. The van der Waals surface area contributed by atoms with E-state index in [2.05, 4.69) is 31.7 Å². The minimum atomic E-state index is -0.222. The molecule has 18 heavy (non-hydrogen) atoms. The summed E-state index contributed by atoms with van der Waals surface area (Å²) in [6.07, 6.45) is 2.31. The maximum absolute atomic E-state index is 12.0. The second kappa shape index (κ2) is 7.30. The van der Waals surface area contributed by atoms with Gasteiger partial charge in [0, 0.05) is 30.4 Å². The first-order valence-corrected chi connectivity index (χ1v) is 6.29. The predicted octanol–water partition coefficient (Wildman–Crippen LogP) is 1.28. The number of hydrogen-bond donors (Lipinski definition) is 3. The van der Waals surface area contributed by atoms with Crippen LogP contribution in [0.25, 0.3) is 0 Å². The fourth-order valence-electron chi connectivity index (χ4n) is 1.40. The smallest absolute Gasteiger partial charge is 0.255 e. The highest BCUT2D eigenvalue weighted by Crippen LogP contribution is 2.17. The molecule has 1 rings (SSSR count). The highest BCUT2D eigenvalue weighted by atomic mass is 79.9. The molecule has 4 N–H and O–H groups in total. The van der Waals surface area contributed by atoms with Crippen molar-refractivity contribution in [2.75, 3.05) is 19.1 Å². The molecule has 0 radical (unpaired) electrons. The molecular formula is C11H17BrN4O2. The van der Waals surface area contributed by atoms with Crippen molar-refractivity contribution in [3.8, 4) is 0 Å². The van der Waals surface area contributed by atoms with Crippen molar-refractivity contribution in [2.45, 2.75) is 19.4 Å². The van der Waals surface area contributed by atoms with Gasteiger partial charge < -0.3 is 15.5 Å². The van der Waals surface area contributed by atoms with Gasteiger partial charge in [-0.2, -0.15) is 0 Å². The Morgan fingerprint density at radius 2 is 2.39 bits per heavy atom. The number of carbonyl (C=O) groups excluding carboxylic acids is 1. The van der Waals surface area contributed by atoms with Gasteiger partial charge in [0.05, 0.1) is 5.56 Å². The summed E-state index contributed by atoms with van der Waals surface area (Å²) in [5, 5.41) is 2.86. The Kier molecular flexibility index (Phi) is 6.03. The molecule has 1 amide bonds. The SMILES string of the molecule is COCCC(C)NC(=O)c1cc(Br)cnc1NN. The minimum Gasteiger partial charge on any atom is -0.385 e. The topological polar surface area (TPSA) is 89.3 Å². The molecule has 0 aliphatic carbocycles. The Balaban J connectivity index is 2.74. The normalized spacial score (nSPS) is 12.0. The maximum Gasteiger partial charge on any atom is 0.255 e. The zero-order valence-electron chi connectivity index (χ0n) is 10.4. The predicted molar refractivity (Wildman–Crippen MR) is 73.2 cm³/mol. The Bertz CT molecular complexity index is 414. The van der Waals surface area contributed by atoms with E-state index in [4.69, 9.17) is 10.6 Å². The Morgan fingerprint density at radius 1 is 1.67 bits per heavy atom. The van der Waals surface area contributed by atoms with Crippen molar-refractivity contribution < 1.29 is 9.53 Å². The summed E-state index contributed by atoms with van der Waals surface area (Å²) < 4.78 is 5.68. The van der Waals surface area contributed by atoms with Gasteiger partial charge in [-0.3, -0.25) is 4.79 Å². The van der Waals surface area contributed by atoms with E-state index in [0.717, 1.165) is 10.9 Å². The lowest BCUT2D eigenvalue weighted by Crippen LogP contribution is -2.34. The number of pyridine rings is 1. The van der Waals surface area contributed by atoms with E-state index in [-0.39, 0.29) is 11.9 Å². The maximum atomic E-state index is 12.0. The molecule has 1 aromatic heterocycles. The third kappa shape index (κ3) is 4.25. The molecule has 0 aliphatic heterocycles. The Hall–Kier alpha value is -1.18. The van der Waals surface area contributed by atoms with Crippen molar-refractivity contribution in [1.82, 2.24) is 10.3 Å². The number of amides is 1. The highest BCUT2D eigenvalue weighted by molar-refractivity contribution is 9.10. The number of nitrogens with zero attached hydrogens (tertiary/aromatic N) is 1. The van der Waals surface area contributed by atoms with Gasteiger partial charge in [-0.15, -0.1) is 0 Å². The number of hydrazine groups is 1. The molecule has 1 aromatic rings. The van der Waals surface area contributed by atoms with Crippen LogP contribution in [-0.2, 0) is 4.74 Å². The molecule has 0 saturated carbocycles. The summed E-state index contributed by atoms with van der Waals surface area (Å²) in [6, 6.07) is 1.68. The average Bonchev–Trinajstić information content (AvgIpc) is 2.36. The molecule has 0 fully saturated rings. The number of aromatic nitrogens is 1. The van der Waals surface area contributed by atoms with Crippen LogP contribution in [0.15, 0.2) is 16.7 Å². The van der Waals surface area contributed by atoms with Crippen LogP contribution >= 0.6 is 15.9 Å². The van der Waals surface area contributed by atoms with Gasteiger partial charge in [-0.1, -0.05) is 0 Å². The average molecular weight is 317 g/mol. The fourth-order valence-corrected chi connectivity index (χ4v) is 1.73. The highest BCUT2D eigenvalue weighted by Gasteiger charge is 2.15. The number of carbonyl (C=O) groups is 1. The summed E-state index contributed by atoms with van der Waals surface area (Å²) in [5.74, 6) is 5.44. The molecule has 0 aromatic carbocycles.